The Labute approximate surface area is 156 Å². The third-order valence-electron chi connectivity index (χ3n) is 4.96. The van der Waals surface area contributed by atoms with E-state index in [-0.39, 0.29) is 5.91 Å². The molecule has 1 fully saturated rings. The molecule has 1 N–H and O–H groups in total. The highest BCUT2D eigenvalue weighted by Gasteiger charge is 2.25. The molecule has 3 aromatic rings. The molecule has 4 rings (SSSR count). The summed E-state index contributed by atoms with van der Waals surface area (Å²) in [4.78, 5) is 17.8. The van der Waals surface area contributed by atoms with E-state index in [2.05, 4.69) is 22.1 Å². The van der Waals surface area contributed by atoms with E-state index in [0.717, 1.165) is 42.3 Å². The molecule has 136 valence electrons. The van der Waals surface area contributed by atoms with Gasteiger partial charge in [-0.1, -0.05) is 36.9 Å². The molecular weight excluding hydrogens is 348 g/mol. The van der Waals surface area contributed by atoms with Crippen molar-refractivity contribution in [2.24, 2.45) is 0 Å². The normalized spacial score (nSPS) is 17.7. The molecule has 1 aliphatic rings. The quantitative estimate of drug-likeness (QED) is 0.684. The fraction of sp³-hybridized carbons (Fsp3) is 0.421. The number of rotatable bonds is 5. The maximum absolute atomic E-state index is 12.6. The molecule has 0 spiro atoms. The molecule has 1 atom stereocenters. The van der Waals surface area contributed by atoms with Crippen LogP contribution in [0, 0.1) is 0 Å². The summed E-state index contributed by atoms with van der Waals surface area (Å²) in [5, 5.41) is 9.72. The van der Waals surface area contributed by atoms with Gasteiger partial charge in [0.25, 0.3) is 11.1 Å². The van der Waals surface area contributed by atoms with Gasteiger partial charge in [-0.2, -0.15) is 0 Å². The summed E-state index contributed by atoms with van der Waals surface area (Å²) in [7, 11) is 0. The minimum Gasteiger partial charge on any atom is -0.411 e. The third kappa shape index (κ3) is 3.35. The maximum atomic E-state index is 12.6. The van der Waals surface area contributed by atoms with Crippen LogP contribution in [-0.4, -0.2) is 44.3 Å². The summed E-state index contributed by atoms with van der Waals surface area (Å²) >= 11 is 1.32. The number of likely N-dealkylation sites (tertiary alicyclic amines) is 1. The number of hydrogen-bond donors (Lipinski definition) is 1. The molecule has 7 heteroatoms. The van der Waals surface area contributed by atoms with E-state index in [0.29, 0.717) is 22.9 Å². The van der Waals surface area contributed by atoms with Gasteiger partial charge in [-0.05, 0) is 31.7 Å². The van der Waals surface area contributed by atoms with Gasteiger partial charge in [-0.3, -0.25) is 4.79 Å². The molecule has 1 aliphatic heterocycles. The lowest BCUT2D eigenvalue weighted by Gasteiger charge is -2.35. The van der Waals surface area contributed by atoms with Crippen LogP contribution in [0.2, 0.25) is 0 Å². The number of aromatic nitrogens is 3. The summed E-state index contributed by atoms with van der Waals surface area (Å²) in [5.74, 6) is 0.974. The summed E-state index contributed by atoms with van der Waals surface area (Å²) in [6.45, 7) is 3.01. The Balaban J connectivity index is 1.43. The highest BCUT2D eigenvalue weighted by Crippen LogP contribution is 2.30. The van der Waals surface area contributed by atoms with Crippen LogP contribution < -0.4 is 0 Å². The zero-order valence-electron chi connectivity index (χ0n) is 14.8. The first-order valence-corrected chi connectivity index (χ1v) is 10.1. The topological polar surface area (TPSA) is 75.0 Å². The average molecular weight is 370 g/mol. The lowest BCUT2D eigenvalue weighted by Crippen LogP contribution is -2.44. The van der Waals surface area contributed by atoms with Crippen molar-refractivity contribution < 1.29 is 9.21 Å². The predicted octanol–water partition coefficient (Wildman–Crippen LogP) is 4.10. The average Bonchev–Trinajstić information content (AvgIpc) is 3.32. The van der Waals surface area contributed by atoms with Gasteiger partial charge in [-0.15, -0.1) is 10.2 Å². The van der Waals surface area contributed by atoms with Crippen molar-refractivity contribution in [1.29, 1.82) is 0 Å². The van der Waals surface area contributed by atoms with Crippen molar-refractivity contribution in [2.45, 2.75) is 43.9 Å². The summed E-state index contributed by atoms with van der Waals surface area (Å²) < 4.78 is 5.78. The van der Waals surface area contributed by atoms with Crippen LogP contribution in [0.15, 0.2) is 40.1 Å². The molecule has 0 bridgehead atoms. The van der Waals surface area contributed by atoms with Crippen molar-refractivity contribution >= 4 is 28.6 Å². The molecule has 0 unspecified atom stereocenters. The number of carbonyl (C=O) groups excluding carboxylic acids is 1. The van der Waals surface area contributed by atoms with Gasteiger partial charge < -0.3 is 14.3 Å². The van der Waals surface area contributed by atoms with E-state index in [1.165, 1.54) is 18.2 Å². The second-order valence-electron chi connectivity index (χ2n) is 6.55. The minimum absolute atomic E-state index is 0.161. The number of benzene rings is 1. The fourth-order valence-corrected chi connectivity index (χ4v) is 4.23. The fourth-order valence-electron chi connectivity index (χ4n) is 3.59. The second-order valence-corrected chi connectivity index (χ2v) is 7.48. The van der Waals surface area contributed by atoms with Crippen LogP contribution in [0.5, 0.6) is 0 Å². The van der Waals surface area contributed by atoms with Crippen LogP contribution in [0.3, 0.4) is 0 Å². The Kier molecular flexibility index (Phi) is 4.97. The van der Waals surface area contributed by atoms with E-state index < -0.39 is 0 Å². The van der Waals surface area contributed by atoms with Gasteiger partial charge >= 0.3 is 0 Å². The molecule has 1 amide bonds. The lowest BCUT2D eigenvalue weighted by atomic mass is 10.0. The van der Waals surface area contributed by atoms with E-state index in [9.17, 15) is 4.79 Å². The van der Waals surface area contributed by atoms with Gasteiger partial charge in [0.05, 0.1) is 11.3 Å². The van der Waals surface area contributed by atoms with E-state index in [1.807, 2.05) is 35.4 Å². The number of para-hydroxylation sites is 1. The summed E-state index contributed by atoms with van der Waals surface area (Å²) in [6, 6.07) is 8.36. The highest BCUT2D eigenvalue weighted by molar-refractivity contribution is 7.99. The smallest absolute Gasteiger partial charge is 0.277 e. The zero-order valence-corrected chi connectivity index (χ0v) is 15.6. The molecule has 1 aromatic carbocycles. The van der Waals surface area contributed by atoms with Crippen LogP contribution in [-0.2, 0) is 4.79 Å². The molecule has 2 aromatic heterocycles. The molecular formula is C19H22N4O2S. The number of piperidine rings is 1. The first-order valence-electron chi connectivity index (χ1n) is 9.08. The van der Waals surface area contributed by atoms with Crippen LogP contribution >= 0.6 is 11.8 Å². The standard InChI is InChI=1S/C19H22N4O2S/c1-2-13-7-5-6-10-23(13)17(24)12-26-19-22-21-18(25-19)15-11-20-16-9-4-3-8-14(15)16/h3-4,8-9,11,13,20H,2,5-7,10,12H2,1H3/t13-/m0/s1. The molecule has 0 aliphatic carbocycles. The Bertz CT molecular complexity index is 904. The molecule has 3 heterocycles. The first kappa shape index (κ1) is 17.1. The Hall–Kier alpha value is -2.28. The Morgan fingerprint density at radius 1 is 1.35 bits per heavy atom. The number of hydrogen-bond acceptors (Lipinski definition) is 5. The van der Waals surface area contributed by atoms with Crippen molar-refractivity contribution in [2.75, 3.05) is 12.3 Å². The summed E-state index contributed by atoms with van der Waals surface area (Å²) in [5.41, 5.74) is 1.91. The number of H-pyrrole nitrogens is 1. The number of thioether (sulfide) groups is 1. The number of nitrogens with one attached hydrogen (secondary N) is 1. The lowest BCUT2D eigenvalue weighted by molar-refractivity contribution is -0.132. The second kappa shape index (κ2) is 7.53. The first-order chi connectivity index (χ1) is 12.8. The van der Waals surface area contributed by atoms with Gasteiger partial charge in [0.1, 0.15) is 0 Å². The van der Waals surface area contributed by atoms with E-state index in [1.54, 1.807) is 0 Å². The minimum atomic E-state index is 0.161. The number of nitrogens with zero attached hydrogens (tertiary/aromatic N) is 3. The number of fused-ring (bicyclic) bond motifs is 1. The van der Waals surface area contributed by atoms with Crippen molar-refractivity contribution in [3.8, 4) is 11.5 Å². The van der Waals surface area contributed by atoms with Gasteiger partial charge in [0.2, 0.25) is 5.91 Å². The van der Waals surface area contributed by atoms with Gasteiger partial charge in [0.15, 0.2) is 0 Å². The molecule has 6 nitrogen and oxygen atoms in total. The van der Waals surface area contributed by atoms with E-state index in [4.69, 9.17) is 4.42 Å². The number of amides is 1. The SMILES string of the molecule is CC[C@H]1CCCCN1C(=O)CSc1nnc(-c2c[nH]c3ccccc23)o1. The summed E-state index contributed by atoms with van der Waals surface area (Å²) in [6.07, 6.45) is 6.31. The zero-order chi connectivity index (χ0) is 17.9. The number of aromatic amines is 1. The molecule has 1 saturated heterocycles. The highest BCUT2D eigenvalue weighted by atomic mass is 32.2. The van der Waals surface area contributed by atoms with Crippen molar-refractivity contribution in [1.82, 2.24) is 20.1 Å². The van der Waals surface area contributed by atoms with Crippen LogP contribution in [0.1, 0.15) is 32.6 Å². The van der Waals surface area contributed by atoms with Crippen molar-refractivity contribution in [3.63, 3.8) is 0 Å². The number of carbonyl (C=O) groups is 1. The van der Waals surface area contributed by atoms with Crippen LogP contribution in [0.25, 0.3) is 22.4 Å². The van der Waals surface area contributed by atoms with Crippen molar-refractivity contribution in [3.05, 3.63) is 30.5 Å². The predicted molar refractivity (Wildman–Crippen MR) is 102 cm³/mol. The van der Waals surface area contributed by atoms with Crippen LogP contribution in [0.4, 0.5) is 0 Å². The van der Waals surface area contributed by atoms with Gasteiger partial charge in [-0.25, -0.2) is 0 Å². The molecule has 0 saturated carbocycles. The maximum Gasteiger partial charge on any atom is 0.277 e. The monoisotopic (exact) mass is 370 g/mol. The molecule has 26 heavy (non-hydrogen) atoms. The van der Waals surface area contributed by atoms with Gasteiger partial charge in [0, 0.05) is 29.7 Å². The molecule has 0 radical (unpaired) electrons. The third-order valence-corrected chi connectivity index (χ3v) is 5.77. The largest absolute Gasteiger partial charge is 0.411 e. The Morgan fingerprint density at radius 2 is 2.23 bits per heavy atom. The Morgan fingerprint density at radius 3 is 3.12 bits per heavy atom. The van der Waals surface area contributed by atoms with E-state index >= 15 is 0 Å².